The molecule has 17 heavy (non-hydrogen) atoms. The van der Waals surface area contributed by atoms with Crippen molar-refractivity contribution < 1.29 is 0 Å². The second kappa shape index (κ2) is 6.15. The lowest BCUT2D eigenvalue weighted by Crippen LogP contribution is -2.42. The molecule has 1 rings (SSSR count). The predicted octanol–water partition coefficient (Wildman–Crippen LogP) is 3.35. The number of nitrogens with one attached hydrogen (secondary N) is 1. The van der Waals surface area contributed by atoms with Crippen molar-refractivity contribution >= 4 is 0 Å². The SMILES string of the molecule is CCCNC(Cc1ccc(C)cn1)C(C)(C)C. The molecule has 0 spiro atoms. The van der Waals surface area contributed by atoms with Gasteiger partial charge in [-0.25, -0.2) is 0 Å². The summed E-state index contributed by atoms with van der Waals surface area (Å²) in [5.74, 6) is 0. The van der Waals surface area contributed by atoms with Crippen molar-refractivity contribution in [1.29, 1.82) is 0 Å². The molecule has 1 atom stereocenters. The van der Waals surface area contributed by atoms with Gasteiger partial charge in [-0.3, -0.25) is 4.98 Å². The van der Waals surface area contributed by atoms with E-state index in [1.807, 2.05) is 6.20 Å². The van der Waals surface area contributed by atoms with Gasteiger partial charge in [0.15, 0.2) is 0 Å². The Morgan fingerprint density at radius 1 is 1.29 bits per heavy atom. The van der Waals surface area contributed by atoms with Gasteiger partial charge in [-0.1, -0.05) is 33.8 Å². The van der Waals surface area contributed by atoms with Gasteiger partial charge in [-0.05, 0) is 36.9 Å². The van der Waals surface area contributed by atoms with Gasteiger partial charge in [0.1, 0.15) is 0 Å². The molecule has 1 aromatic rings. The number of nitrogens with zero attached hydrogens (tertiary/aromatic N) is 1. The normalized spacial score (nSPS) is 13.7. The van der Waals surface area contributed by atoms with E-state index in [0.29, 0.717) is 6.04 Å². The molecule has 1 N–H and O–H groups in total. The fourth-order valence-electron chi connectivity index (χ4n) is 1.83. The van der Waals surface area contributed by atoms with E-state index in [1.165, 1.54) is 17.7 Å². The van der Waals surface area contributed by atoms with Gasteiger partial charge < -0.3 is 5.32 Å². The fraction of sp³-hybridized carbons (Fsp3) is 0.667. The van der Waals surface area contributed by atoms with Crippen molar-refractivity contribution in [3.05, 3.63) is 29.6 Å². The average molecular weight is 234 g/mol. The largest absolute Gasteiger partial charge is 0.313 e. The number of aryl methyl sites for hydroxylation is 1. The lowest BCUT2D eigenvalue weighted by atomic mass is 9.84. The fourth-order valence-corrected chi connectivity index (χ4v) is 1.83. The molecule has 0 amide bonds. The van der Waals surface area contributed by atoms with E-state index in [4.69, 9.17) is 0 Å². The van der Waals surface area contributed by atoms with Crippen LogP contribution >= 0.6 is 0 Å². The van der Waals surface area contributed by atoms with Crippen LogP contribution in [0.3, 0.4) is 0 Å². The Labute approximate surface area is 106 Å². The average Bonchev–Trinajstić information content (AvgIpc) is 2.25. The number of hydrogen-bond acceptors (Lipinski definition) is 2. The minimum atomic E-state index is 0.266. The van der Waals surface area contributed by atoms with Crippen LogP contribution in [-0.2, 0) is 6.42 Å². The Balaban J connectivity index is 2.68. The standard InChI is InChI=1S/C15H26N2/c1-6-9-16-14(15(3,4)5)10-13-8-7-12(2)11-17-13/h7-8,11,14,16H,6,9-10H2,1-5H3. The van der Waals surface area contributed by atoms with Crippen LogP contribution in [0.1, 0.15) is 45.4 Å². The molecule has 0 aliphatic rings. The van der Waals surface area contributed by atoms with Crippen LogP contribution in [0.2, 0.25) is 0 Å². The topological polar surface area (TPSA) is 24.9 Å². The predicted molar refractivity (Wildman–Crippen MR) is 74.2 cm³/mol. The van der Waals surface area contributed by atoms with Crippen molar-refractivity contribution in [3.8, 4) is 0 Å². The monoisotopic (exact) mass is 234 g/mol. The summed E-state index contributed by atoms with van der Waals surface area (Å²) in [5, 5.41) is 3.63. The molecular weight excluding hydrogens is 208 g/mol. The summed E-state index contributed by atoms with van der Waals surface area (Å²) >= 11 is 0. The van der Waals surface area contributed by atoms with Crippen LogP contribution in [0.25, 0.3) is 0 Å². The van der Waals surface area contributed by atoms with Gasteiger partial charge in [0.05, 0.1) is 0 Å². The number of pyridine rings is 1. The number of aromatic nitrogens is 1. The molecule has 96 valence electrons. The molecule has 1 aromatic heterocycles. The molecule has 0 aromatic carbocycles. The van der Waals surface area contributed by atoms with Gasteiger partial charge in [0.25, 0.3) is 0 Å². The zero-order valence-corrected chi connectivity index (χ0v) is 11.9. The van der Waals surface area contributed by atoms with Crippen molar-refractivity contribution in [1.82, 2.24) is 10.3 Å². The Hall–Kier alpha value is -0.890. The summed E-state index contributed by atoms with van der Waals surface area (Å²) in [5.41, 5.74) is 2.67. The van der Waals surface area contributed by atoms with Crippen LogP contribution < -0.4 is 5.32 Å². The third kappa shape index (κ3) is 4.86. The van der Waals surface area contributed by atoms with E-state index >= 15 is 0 Å². The van der Waals surface area contributed by atoms with Crippen LogP contribution in [-0.4, -0.2) is 17.6 Å². The molecule has 2 heteroatoms. The molecule has 1 unspecified atom stereocenters. The Bertz CT molecular complexity index is 322. The molecule has 2 nitrogen and oxygen atoms in total. The van der Waals surface area contributed by atoms with Crippen LogP contribution in [0.4, 0.5) is 0 Å². The molecule has 0 saturated carbocycles. The first-order valence-corrected chi connectivity index (χ1v) is 6.58. The number of hydrogen-bond donors (Lipinski definition) is 1. The van der Waals surface area contributed by atoms with Gasteiger partial charge in [-0.15, -0.1) is 0 Å². The highest BCUT2D eigenvalue weighted by molar-refractivity contribution is 5.13. The molecule has 1 heterocycles. The first-order valence-electron chi connectivity index (χ1n) is 6.58. The van der Waals surface area contributed by atoms with Crippen LogP contribution in [0, 0.1) is 12.3 Å². The Kier molecular flexibility index (Phi) is 5.13. The van der Waals surface area contributed by atoms with Crippen molar-refractivity contribution in [2.75, 3.05) is 6.54 Å². The maximum absolute atomic E-state index is 4.50. The van der Waals surface area contributed by atoms with E-state index < -0.39 is 0 Å². The molecule has 0 aliphatic heterocycles. The maximum Gasteiger partial charge on any atom is 0.0419 e. The van der Waals surface area contributed by atoms with Gasteiger partial charge in [0.2, 0.25) is 0 Å². The summed E-state index contributed by atoms with van der Waals surface area (Å²) in [6.07, 6.45) is 4.13. The summed E-state index contributed by atoms with van der Waals surface area (Å²) in [4.78, 5) is 4.50. The third-order valence-electron chi connectivity index (χ3n) is 3.07. The highest BCUT2D eigenvalue weighted by Crippen LogP contribution is 2.22. The third-order valence-corrected chi connectivity index (χ3v) is 3.07. The van der Waals surface area contributed by atoms with Crippen molar-refractivity contribution in [2.45, 2.75) is 53.5 Å². The van der Waals surface area contributed by atoms with Gasteiger partial charge in [0, 0.05) is 24.4 Å². The second-order valence-electron chi connectivity index (χ2n) is 5.90. The molecule has 0 radical (unpaired) electrons. The summed E-state index contributed by atoms with van der Waals surface area (Å²) in [6.45, 7) is 12.2. The molecule has 0 saturated heterocycles. The summed E-state index contributed by atoms with van der Waals surface area (Å²) in [6, 6.07) is 4.77. The summed E-state index contributed by atoms with van der Waals surface area (Å²) in [7, 11) is 0. The second-order valence-corrected chi connectivity index (χ2v) is 5.90. The zero-order chi connectivity index (χ0) is 12.9. The van der Waals surface area contributed by atoms with Crippen molar-refractivity contribution in [3.63, 3.8) is 0 Å². The van der Waals surface area contributed by atoms with E-state index in [-0.39, 0.29) is 5.41 Å². The lowest BCUT2D eigenvalue weighted by molar-refractivity contribution is 0.265. The molecule has 0 bridgehead atoms. The van der Waals surface area contributed by atoms with Crippen molar-refractivity contribution in [2.24, 2.45) is 5.41 Å². The van der Waals surface area contributed by atoms with E-state index in [2.05, 4.69) is 57.1 Å². The first kappa shape index (κ1) is 14.2. The van der Waals surface area contributed by atoms with E-state index in [0.717, 1.165) is 13.0 Å². The van der Waals surface area contributed by atoms with Crippen LogP contribution in [0.5, 0.6) is 0 Å². The smallest absolute Gasteiger partial charge is 0.0419 e. The Morgan fingerprint density at radius 3 is 2.47 bits per heavy atom. The summed E-state index contributed by atoms with van der Waals surface area (Å²) < 4.78 is 0. The molecule has 0 aliphatic carbocycles. The quantitative estimate of drug-likeness (QED) is 0.845. The highest BCUT2D eigenvalue weighted by atomic mass is 14.9. The number of rotatable bonds is 5. The zero-order valence-electron chi connectivity index (χ0n) is 11.9. The lowest BCUT2D eigenvalue weighted by Gasteiger charge is -2.31. The first-order chi connectivity index (χ1) is 7.93. The van der Waals surface area contributed by atoms with E-state index in [1.54, 1.807) is 0 Å². The maximum atomic E-state index is 4.50. The Morgan fingerprint density at radius 2 is 2.00 bits per heavy atom. The minimum absolute atomic E-state index is 0.266. The van der Waals surface area contributed by atoms with Gasteiger partial charge in [-0.2, -0.15) is 0 Å². The minimum Gasteiger partial charge on any atom is -0.313 e. The molecular formula is C15H26N2. The molecule has 0 fully saturated rings. The van der Waals surface area contributed by atoms with Crippen LogP contribution in [0.15, 0.2) is 18.3 Å². The van der Waals surface area contributed by atoms with Gasteiger partial charge >= 0.3 is 0 Å². The highest BCUT2D eigenvalue weighted by Gasteiger charge is 2.24. The van der Waals surface area contributed by atoms with E-state index in [9.17, 15) is 0 Å².